The average molecular weight is 406 g/mol. The van der Waals surface area contributed by atoms with Crippen molar-refractivity contribution in [3.63, 3.8) is 0 Å². The molecule has 6 heteroatoms. The summed E-state index contributed by atoms with van der Waals surface area (Å²) in [5.74, 6) is 1.48. The van der Waals surface area contributed by atoms with E-state index >= 15 is 0 Å². The van der Waals surface area contributed by atoms with Crippen LogP contribution >= 0.6 is 0 Å². The number of carbonyl (C=O) groups is 1. The van der Waals surface area contributed by atoms with Crippen LogP contribution in [0.25, 0.3) is 0 Å². The number of nitrogens with zero attached hydrogens (tertiary/aromatic N) is 4. The van der Waals surface area contributed by atoms with Crippen molar-refractivity contribution in [2.45, 2.75) is 63.5 Å². The molecule has 0 radical (unpaired) electrons. The van der Waals surface area contributed by atoms with E-state index in [1.807, 2.05) is 12.4 Å². The minimum absolute atomic E-state index is 0.0183. The quantitative estimate of drug-likeness (QED) is 0.822. The van der Waals surface area contributed by atoms with Crippen LogP contribution < -0.4 is 5.32 Å². The van der Waals surface area contributed by atoms with Crippen molar-refractivity contribution < 1.29 is 4.79 Å². The minimum atomic E-state index is -0.263. The van der Waals surface area contributed by atoms with Crippen LogP contribution in [-0.4, -0.2) is 38.7 Å². The van der Waals surface area contributed by atoms with Gasteiger partial charge in [0, 0.05) is 12.2 Å². The fraction of sp³-hybridized carbons (Fsp3) is 0.625. The predicted octanol–water partition coefficient (Wildman–Crippen LogP) is 3.81. The zero-order valence-electron chi connectivity index (χ0n) is 17.6. The van der Waals surface area contributed by atoms with E-state index in [1.54, 1.807) is 6.33 Å². The summed E-state index contributed by atoms with van der Waals surface area (Å²) in [6.45, 7) is 3.36. The van der Waals surface area contributed by atoms with Crippen molar-refractivity contribution in [3.05, 3.63) is 42.5 Å². The molecule has 1 aliphatic heterocycles. The number of carbonyl (C=O) groups excluding carboxylic acids is 1. The molecule has 158 valence electrons. The van der Waals surface area contributed by atoms with Crippen LogP contribution in [0.15, 0.2) is 36.9 Å². The van der Waals surface area contributed by atoms with Gasteiger partial charge in [0.15, 0.2) is 0 Å². The SMILES string of the molecule is O=C(Nc1cccc(CN2CCCC2)c1)C12CC3CC(C1)CC(n1cncn1)(C3)C2. The molecule has 4 bridgehead atoms. The molecule has 1 amide bonds. The lowest BCUT2D eigenvalue weighted by Crippen LogP contribution is -2.60. The van der Waals surface area contributed by atoms with Crippen LogP contribution in [0.2, 0.25) is 0 Å². The van der Waals surface area contributed by atoms with E-state index in [1.165, 1.54) is 37.9 Å². The van der Waals surface area contributed by atoms with E-state index in [4.69, 9.17) is 0 Å². The minimum Gasteiger partial charge on any atom is -0.326 e. The highest BCUT2D eigenvalue weighted by atomic mass is 16.2. The number of benzene rings is 1. The molecule has 4 saturated carbocycles. The van der Waals surface area contributed by atoms with Gasteiger partial charge in [0.2, 0.25) is 5.91 Å². The fourth-order valence-electron chi connectivity index (χ4n) is 7.41. The summed E-state index contributed by atoms with van der Waals surface area (Å²) in [7, 11) is 0. The first kappa shape index (κ1) is 18.6. The van der Waals surface area contributed by atoms with Crippen molar-refractivity contribution >= 4 is 11.6 Å². The van der Waals surface area contributed by atoms with E-state index < -0.39 is 0 Å². The molecule has 2 aromatic rings. The standard InChI is InChI=1S/C24H31N5O/c30-22(27-21-5-3-4-18(9-21)14-28-6-1-2-7-28)23-10-19-8-20(11-23)13-24(12-19,15-23)29-17-25-16-26-29/h3-5,9,16-17,19-20H,1-2,6-8,10-15H2,(H,27,30). The highest BCUT2D eigenvalue weighted by Crippen LogP contribution is 2.64. The average Bonchev–Trinajstić information content (AvgIpc) is 3.42. The number of aromatic nitrogens is 3. The maximum atomic E-state index is 13.7. The van der Waals surface area contributed by atoms with Gasteiger partial charge in [-0.1, -0.05) is 12.1 Å². The van der Waals surface area contributed by atoms with Gasteiger partial charge in [0.05, 0.1) is 11.0 Å². The molecular weight excluding hydrogens is 374 g/mol. The van der Waals surface area contributed by atoms with Crippen LogP contribution in [0, 0.1) is 17.3 Å². The summed E-state index contributed by atoms with van der Waals surface area (Å²) >= 11 is 0. The Bertz CT molecular complexity index is 919. The molecule has 1 aromatic heterocycles. The normalized spacial score (nSPS) is 35.1. The van der Waals surface area contributed by atoms with Gasteiger partial charge < -0.3 is 5.32 Å². The molecule has 2 unspecified atom stereocenters. The summed E-state index contributed by atoms with van der Waals surface area (Å²) in [5, 5.41) is 7.83. The molecule has 1 aromatic carbocycles. The molecule has 30 heavy (non-hydrogen) atoms. The largest absolute Gasteiger partial charge is 0.326 e. The summed E-state index contributed by atoms with van der Waals surface area (Å²) in [5.41, 5.74) is 1.96. The molecule has 4 aliphatic carbocycles. The Labute approximate surface area is 178 Å². The first-order chi connectivity index (χ1) is 14.6. The molecule has 5 aliphatic rings. The summed E-state index contributed by atoms with van der Waals surface area (Å²) in [4.78, 5) is 20.4. The van der Waals surface area contributed by atoms with E-state index in [0.717, 1.165) is 44.3 Å². The first-order valence-corrected chi connectivity index (χ1v) is 11.6. The van der Waals surface area contributed by atoms with Gasteiger partial charge in [0.25, 0.3) is 0 Å². The third-order valence-corrected chi connectivity index (χ3v) is 8.21. The lowest BCUT2D eigenvalue weighted by Gasteiger charge is -2.60. The van der Waals surface area contributed by atoms with E-state index in [0.29, 0.717) is 11.8 Å². The Kier molecular flexibility index (Phi) is 4.27. The van der Waals surface area contributed by atoms with Gasteiger partial charge >= 0.3 is 0 Å². The van der Waals surface area contributed by atoms with Gasteiger partial charge in [-0.15, -0.1) is 0 Å². The molecule has 6 nitrogen and oxygen atoms in total. The first-order valence-electron chi connectivity index (χ1n) is 11.6. The highest BCUT2D eigenvalue weighted by molar-refractivity contribution is 5.95. The Hall–Kier alpha value is -2.21. The molecular formula is C24H31N5O. The van der Waals surface area contributed by atoms with Crippen LogP contribution in [0.5, 0.6) is 0 Å². The molecule has 5 fully saturated rings. The van der Waals surface area contributed by atoms with Crippen molar-refractivity contribution in [1.29, 1.82) is 0 Å². The Balaban J connectivity index is 1.23. The predicted molar refractivity (Wildman–Crippen MR) is 115 cm³/mol. The smallest absolute Gasteiger partial charge is 0.230 e. The Morgan fingerprint density at radius 1 is 1.13 bits per heavy atom. The number of likely N-dealkylation sites (tertiary alicyclic amines) is 1. The Morgan fingerprint density at radius 2 is 1.93 bits per heavy atom. The summed E-state index contributed by atoms with van der Waals surface area (Å²) in [6, 6.07) is 8.47. The van der Waals surface area contributed by atoms with Crippen molar-refractivity contribution in [2.24, 2.45) is 17.3 Å². The maximum absolute atomic E-state index is 13.7. The lowest BCUT2D eigenvalue weighted by molar-refractivity contribution is -0.150. The van der Waals surface area contributed by atoms with Gasteiger partial charge in [-0.05, 0) is 94.0 Å². The van der Waals surface area contributed by atoms with Crippen molar-refractivity contribution in [1.82, 2.24) is 19.7 Å². The van der Waals surface area contributed by atoms with Crippen LogP contribution in [-0.2, 0) is 16.9 Å². The second-order valence-corrected chi connectivity index (χ2v) is 10.4. The van der Waals surface area contributed by atoms with Crippen molar-refractivity contribution in [3.8, 4) is 0 Å². The van der Waals surface area contributed by atoms with Crippen LogP contribution in [0.3, 0.4) is 0 Å². The number of nitrogens with one attached hydrogen (secondary N) is 1. The topological polar surface area (TPSA) is 63.1 Å². The van der Waals surface area contributed by atoms with E-state index in [-0.39, 0.29) is 16.9 Å². The number of rotatable bonds is 5. The van der Waals surface area contributed by atoms with Gasteiger partial charge in [-0.3, -0.25) is 9.69 Å². The highest BCUT2D eigenvalue weighted by Gasteiger charge is 2.61. The van der Waals surface area contributed by atoms with Gasteiger partial charge in [0.1, 0.15) is 12.7 Å². The second kappa shape index (κ2) is 6.91. The Morgan fingerprint density at radius 3 is 2.67 bits per heavy atom. The number of anilines is 1. The summed E-state index contributed by atoms with van der Waals surface area (Å²) in [6.07, 6.45) is 12.6. The van der Waals surface area contributed by atoms with E-state index in [9.17, 15) is 4.79 Å². The molecule has 1 N–H and O–H groups in total. The summed E-state index contributed by atoms with van der Waals surface area (Å²) < 4.78 is 2.07. The number of amides is 1. The third kappa shape index (κ3) is 3.08. The molecule has 7 rings (SSSR count). The van der Waals surface area contributed by atoms with Gasteiger partial charge in [-0.2, -0.15) is 5.10 Å². The van der Waals surface area contributed by atoms with Gasteiger partial charge in [-0.25, -0.2) is 9.67 Å². The van der Waals surface area contributed by atoms with Crippen LogP contribution in [0.4, 0.5) is 5.69 Å². The fourth-order valence-corrected chi connectivity index (χ4v) is 7.41. The maximum Gasteiger partial charge on any atom is 0.230 e. The number of hydrogen-bond donors (Lipinski definition) is 1. The molecule has 1 saturated heterocycles. The van der Waals surface area contributed by atoms with Crippen molar-refractivity contribution in [2.75, 3.05) is 18.4 Å². The second-order valence-electron chi connectivity index (χ2n) is 10.4. The monoisotopic (exact) mass is 405 g/mol. The lowest BCUT2D eigenvalue weighted by atomic mass is 9.46. The van der Waals surface area contributed by atoms with E-state index in [2.05, 4.69) is 43.2 Å². The van der Waals surface area contributed by atoms with Crippen LogP contribution in [0.1, 0.15) is 56.9 Å². The zero-order valence-corrected chi connectivity index (χ0v) is 17.6. The molecule has 0 spiro atoms. The molecule has 2 heterocycles. The third-order valence-electron chi connectivity index (χ3n) is 8.21. The molecule has 2 atom stereocenters. The number of hydrogen-bond acceptors (Lipinski definition) is 4. The zero-order chi connectivity index (χ0) is 20.2.